The number of nitrogens with one attached hydrogen (secondary N) is 2. The number of guanidine groups is 1. The van der Waals surface area contributed by atoms with Crippen molar-refractivity contribution in [2.75, 3.05) is 46.2 Å². The number of hydrogen-bond donors (Lipinski definition) is 2. The molecule has 2 heterocycles. The molecule has 1 aliphatic heterocycles. The minimum atomic E-state index is -0.0235. The molecular formula is C22H31IN6O2. The number of likely N-dealkylation sites (N-methyl/N-ethyl adjacent to an activating group) is 1. The van der Waals surface area contributed by atoms with Crippen LogP contribution in [-0.2, 0) is 11.3 Å². The number of para-hydroxylation sites is 1. The van der Waals surface area contributed by atoms with Crippen LogP contribution in [-0.4, -0.2) is 63.1 Å². The van der Waals surface area contributed by atoms with Gasteiger partial charge in [-0.3, -0.25) is 4.79 Å². The Balaban J connectivity index is 0.00000341. The van der Waals surface area contributed by atoms with Crippen molar-refractivity contribution >= 4 is 41.7 Å². The highest BCUT2D eigenvalue weighted by atomic mass is 127. The number of hydrogen-bond acceptors (Lipinski definition) is 5. The number of amides is 1. The zero-order valence-electron chi connectivity index (χ0n) is 18.5. The highest BCUT2D eigenvalue weighted by Gasteiger charge is 2.22. The predicted octanol–water partition coefficient (Wildman–Crippen LogP) is 2.41. The molecule has 9 heteroatoms. The average molecular weight is 538 g/mol. The molecule has 2 aromatic rings. The lowest BCUT2D eigenvalue weighted by Gasteiger charge is -2.28. The highest BCUT2D eigenvalue weighted by Crippen LogP contribution is 2.31. The Hall–Kier alpha value is -2.56. The van der Waals surface area contributed by atoms with Crippen molar-refractivity contribution in [1.29, 1.82) is 0 Å². The number of halogens is 1. The van der Waals surface area contributed by atoms with Crippen LogP contribution in [0.4, 0.5) is 5.82 Å². The number of carbonyl (C=O) groups is 1. The van der Waals surface area contributed by atoms with E-state index in [4.69, 9.17) is 9.73 Å². The van der Waals surface area contributed by atoms with E-state index in [9.17, 15) is 4.79 Å². The molecule has 0 saturated carbocycles. The van der Waals surface area contributed by atoms with Crippen LogP contribution >= 0.6 is 24.0 Å². The van der Waals surface area contributed by atoms with Crippen LogP contribution < -0.4 is 20.3 Å². The largest absolute Gasteiger partial charge is 0.493 e. The van der Waals surface area contributed by atoms with Crippen molar-refractivity contribution in [3.05, 3.63) is 53.7 Å². The zero-order valence-corrected chi connectivity index (χ0v) is 20.8. The molecule has 0 radical (unpaired) electrons. The maximum Gasteiger partial charge on any atom is 0.241 e. The van der Waals surface area contributed by atoms with Crippen molar-refractivity contribution in [2.24, 2.45) is 4.99 Å². The van der Waals surface area contributed by atoms with Gasteiger partial charge < -0.3 is 25.2 Å². The first-order valence-corrected chi connectivity index (χ1v) is 10.0. The third-order valence-electron chi connectivity index (χ3n) is 4.82. The van der Waals surface area contributed by atoms with Crippen molar-refractivity contribution in [2.45, 2.75) is 19.0 Å². The highest BCUT2D eigenvalue weighted by molar-refractivity contribution is 14.0. The summed E-state index contributed by atoms with van der Waals surface area (Å²) in [5.74, 6) is 2.31. The van der Waals surface area contributed by atoms with Crippen molar-refractivity contribution in [1.82, 2.24) is 20.5 Å². The molecule has 0 spiro atoms. The van der Waals surface area contributed by atoms with Gasteiger partial charge in [-0.2, -0.15) is 0 Å². The maximum absolute atomic E-state index is 12.1. The summed E-state index contributed by atoms with van der Waals surface area (Å²) in [6, 6.07) is 13.9. The molecule has 8 nitrogen and oxygen atoms in total. The Morgan fingerprint density at radius 3 is 2.68 bits per heavy atom. The number of carbonyl (C=O) groups excluding carboxylic acids is 1. The van der Waals surface area contributed by atoms with E-state index >= 15 is 0 Å². The SMILES string of the molecule is CN(C)C(=O)CNC(=NCc1cccc(N(C)C)n1)NC1CCOc2ccccc21.I. The molecule has 1 aromatic carbocycles. The third-order valence-corrected chi connectivity index (χ3v) is 4.82. The van der Waals surface area contributed by atoms with E-state index in [1.54, 1.807) is 19.0 Å². The molecule has 3 rings (SSSR count). The van der Waals surface area contributed by atoms with Crippen molar-refractivity contribution in [3.63, 3.8) is 0 Å². The van der Waals surface area contributed by atoms with Gasteiger partial charge in [-0.1, -0.05) is 24.3 Å². The summed E-state index contributed by atoms with van der Waals surface area (Å²) in [6.07, 6.45) is 0.813. The fourth-order valence-electron chi connectivity index (χ4n) is 3.09. The monoisotopic (exact) mass is 538 g/mol. The Bertz CT molecular complexity index is 903. The Morgan fingerprint density at radius 2 is 1.94 bits per heavy atom. The van der Waals surface area contributed by atoms with E-state index in [0.717, 1.165) is 29.2 Å². The van der Waals surface area contributed by atoms with E-state index in [2.05, 4.69) is 21.7 Å². The van der Waals surface area contributed by atoms with Gasteiger partial charge in [0.1, 0.15) is 11.6 Å². The lowest BCUT2D eigenvalue weighted by molar-refractivity contribution is -0.127. The minimum absolute atomic E-state index is 0. The molecule has 0 bridgehead atoms. The number of anilines is 1. The summed E-state index contributed by atoms with van der Waals surface area (Å²) in [5, 5.41) is 6.62. The standard InChI is InChI=1S/C22H30N6O2.HI/c1-27(2)20-11-7-8-16(25-20)14-23-22(24-15-21(29)28(3)4)26-18-12-13-30-19-10-6-5-9-17(18)19;/h5-11,18H,12-15H2,1-4H3,(H2,23,24,26);1H. The fourth-order valence-corrected chi connectivity index (χ4v) is 3.09. The molecule has 0 saturated heterocycles. The molecule has 1 amide bonds. The smallest absolute Gasteiger partial charge is 0.241 e. The van der Waals surface area contributed by atoms with Gasteiger partial charge in [0, 0.05) is 40.2 Å². The molecule has 1 unspecified atom stereocenters. The topological polar surface area (TPSA) is 82.1 Å². The van der Waals surface area contributed by atoms with Crippen LogP contribution in [0.15, 0.2) is 47.5 Å². The van der Waals surface area contributed by atoms with E-state index in [0.29, 0.717) is 19.1 Å². The second kappa shape index (κ2) is 11.7. The number of nitrogens with zero attached hydrogens (tertiary/aromatic N) is 4. The number of pyridine rings is 1. The maximum atomic E-state index is 12.1. The molecule has 168 valence electrons. The second-order valence-electron chi connectivity index (χ2n) is 7.56. The van der Waals surface area contributed by atoms with Gasteiger partial charge in [0.15, 0.2) is 5.96 Å². The number of aliphatic imine (C=N–C) groups is 1. The van der Waals surface area contributed by atoms with Gasteiger partial charge in [0.25, 0.3) is 0 Å². The van der Waals surface area contributed by atoms with E-state index in [-0.39, 0.29) is 42.5 Å². The molecule has 0 fully saturated rings. The summed E-state index contributed by atoms with van der Waals surface area (Å²) in [6.45, 7) is 1.19. The van der Waals surface area contributed by atoms with E-state index < -0.39 is 0 Å². The predicted molar refractivity (Wildman–Crippen MR) is 134 cm³/mol. The summed E-state index contributed by atoms with van der Waals surface area (Å²) in [7, 11) is 7.39. The first-order valence-electron chi connectivity index (χ1n) is 10.0. The molecule has 31 heavy (non-hydrogen) atoms. The van der Waals surface area contributed by atoms with Gasteiger partial charge in [0.2, 0.25) is 5.91 Å². The summed E-state index contributed by atoms with van der Waals surface area (Å²) in [4.78, 5) is 24.9. The normalized spacial score (nSPS) is 15.1. The number of benzene rings is 1. The number of rotatable bonds is 6. The van der Waals surface area contributed by atoms with Gasteiger partial charge in [-0.15, -0.1) is 24.0 Å². The minimum Gasteiger partial charge on any atom is -0.493 e. The fraction of sp³-hybridized carbons (Fsp3) is 0.409. The van der Waals surface area contributed by atoms with Gasteiger partial charge in [0.05, 0.1) is 31.4 Å². The molecule has 1 atom stereocenters. The Kier molecular flexibility index (Phi) is 9.35. The van der Waals surface area contributed by atoms with Gasteiger partial charge >= 0.3 is 0 Å². The molecule has 1 aliphatic rings. The molecule has 1 aromatic heterocycles. The third kappa shape index (κ3) is 6.98. The van der Waals surface area contributed by atoms with Crippen LogP contribution in [0.5, 0.6) is 5.75 Å². The van der Waals surface area contributed by atoms with Crippen LogP contribution in [0.1, 0.15) is 23.7 Å². The summed E-state index contributed by atoms with van der Waals surface area (Å²) < 4.78 is 5.75. The number of fused-ring (bicyclic) bond motifs is 1. The Morgan fingerprint density at radius 1 is 1.16 bits per heavy atom. The van der Waals surface area contributed by atoms with E-state index in [1.807, 2.05) is 55.4 Å². The number of ether oxygens (including phenoxy) is 1. The molecule has 2 N–H and O–H groups in total. The quantitative estimate of drug-likeness (QED) is 0.334. The zero-order chi connectivity index (χ0) is 21.5. The summed E-state index contributed by atoms with van der Waals surface area (Å²) in [5.41, 5.74) is 1.94. The lowest BCUT2D eigenvalue weighted by Crippen LogP contribution is -2.45. The van der Waals surface area contributed by atoms with Gasteiger partial charge in [-0.05, 0) is 18.2 Å². The molecular weight excluding hydrogens is 507 g/mol. The summed E-state index contributed by atoms with van der Waals surface area (Å²) >= 11 is 0. The van der Waals surface area contributed by atoms with Gasteiger partial charge in [-0.25, -0.2) is 9.98 Å². The van der Waals surface area contributed by atoms with Crippen LogP contribution in [0, 0.1) is 0 Å². The second-order valence-corrected chi connectivity index (χ2v) is 7.56. The van der Waals surface area contributed by atoms with Crippen LogP contribution in [0.3, 0.4) is 0 Å². The number of aromatic nitrogens is 1. The van der Waals surface area contributed by atoms with Crippen molar-refractivity contribution < 1.29 is 9.53 Å². The lowest BCUT2D eigenvalue weighted by atomic mass is 10.0. The average Bonchev–Trinajstić information content (AvgIpc) is 2.75. The van der Waals surface area contributed by atoms with Crippen molar-refractivity contribution in [3.8, 4) is 5.75 Å². The first-order chi connectivity index (χ1) is 14.4. The Labute approximate surface area is 201 Å². The van der Waals surface area contributed by atoms with Crippen LogP contribution in [0.2, 0.25) is 0 Å². The first kappa shape index (κ1) is 24.7. The van der Waals surface area contributed by atoms with E-state index in [1.165, 1.54) is 0 Å². The molecule has 0 aliphatic carbocycles. The van der Waals surface area contributed by atoms with Crippen LogP contribution in [0.25, 0.3) is 0 Å².